The van der Waals surface area contributed by atoms with Crippen molar-refractivity contribution in [1.29, 1.82) is 5.26 Å². The second-order valence-electron chi connectivity index (χ2n) is 7.59. The number of hydrogen-bond donors (Lipinski definition) is 3. The second-order valence-corrected chi connectivity index (χ2v) is 7.59. The number of methoxy groups -OCH3 is 1. The summed E-state index contributed by atoms with van der Waals surface area (Å²) in [4.78, 5) is 18.1. The summed E-state index contributed by atoms with van der Waals surface area (Å²) < 4.78 is 55.7. The molecule has 33 heavy (non-hydrogen) atoms. The average molecular weight is 460 g/mol. The van der Waals surface area contributed by atoms with E-state index in [1.165, 1.54) is 31.4 Å². The summed E-state index contributed by atoms with van der Waals surface area (Å²) in [7, 11) is 1.24. The molecule has 1 unspecified atom stereocenters. The first-order valence-electron chi connectivity index (χ1n) is 9.90. The van der Waals surface area contributed by atoms with Crippen LogP contribution in [0.2, 0.25) is 0 Å². The first kappa shape index (κ1) is 22.4. The van der Waals surface area contributed by atoms with Crippen LogP contribution in [0.4, 0.5) is 18.9 Å². The van der Waals surface area contributed by atoms with Crippen molar-refractivity contribution in [3.63, 3.8) is 0 Å². The Morgan fingerprint density at radius 2 is 2.09 bits per heavy atom. The molecule has 1 atom stereocenters. The zero-order valence-electron chi connectivity index (χ0n) is 17.6. The van der Waals surface area contributed by atoms with Gasteiger partial charge in [-0.05, 0) is 48.7 Å². The van der Waals surface area contributed by atoms with E-state index in [2.05, 4.69) is 15.3 Å². The summed E-state index contributed by atoms with van der Waals surface area (Å²) in [5, 5.41) is 21.4. The topological polar surface area (TPSA) is 120 Å². The van der Waals surface area contributed by atoms with Gasteiger partial charge >= 0.3 is 12.1 Å². The lowest BCUT2D eigenvalue weighted by atomic mass is 9.84. The number of aryl methyl sites for hydroxylation is 1. The number of nitrogens with one attached hydrogen (secondary N) is 2. The molecule has 11 heteroatoms. The van der Waals surface area contributed by atoms with Crippen LogP contribution < -0.4 is 10.1 Å². The predicted octanol–water partition coefficient (Wildman–Crippen LogP) is 3.63. The number of imidazole rings is 1. The van der Waals surface area contributed by atoms with Crippen molar-refractivity contribution in [3.8, 4) is 11.8 Å². The Hall–Kier alpha value is -3.78. The number of ether oxygens (including phenoxy) is 2. The van der Waals surface area contributed by atoms with Gasteiger partial charge in [-0.25, -0.2) is 9.78 Å². The molecule has 172 valence electrons. The van der Waals surface area contributed by atoms with Crippen LogP contribution in [0.3, 0.4) is 0 Å². The smallest absolute Gasteiger partial charge is 0.429 e. The summed E-state index contributed by atoms with van der Waals surface area (Å²) in [6.07, 6.45) is -4.89. The van der Waals surface area contributed by atoms with Gasteiger partial charge in [0.2, 0.25) is 0 Å². The number of carbonyl (C=O) groups is 1. The largest absolute Gasteiger partial charge is 0.496 e. The monoisotopic (exact) mass is 460 g/mol. The molecule has 0 spiro atoms. The Morgan fingerprint density at radius 1 is 1.33 bits per heavy atom. The van der Waals surface area contributed by atoms with Gasteiger partial charge in [0.05, 0.1) is 29.8 Å². The summed E-state index contributed by atoms with van der Waals surface area (Å²) in [5.41, 5.74) is -1.56. The van der Waals surface area contributed by atoms with Gasteiger partial charge in [-0.3, -0.25) is 0 Å². The molecule has 4 rings (SSSR count). The maximum Gasteiger partial charge on any atom is 0.429 e. The van der Waals surface area contributed by atoms with Crippen LogP contribution in [-0.2, 0) is 21.6 Å². The molecule has 8 nitrogen and oxygen atoms in total. The number of aromatic amines is 1. The molecule has 0 amide bonds. The van der Waals surface area contributed by atoms with Crippen molar-refractivity contribution in [2.75, 3.05) is 25.6 Å². The minimum absolute atomic E-state index is 0.101. The van der Waals surface area contributed by atoms with Gasteiger partial charge in [0.15, 0.2) is 5.82 Å². The molecular weight excluding hydrogens is 441 g/mol. The summed E-state index contributed by atoms with van der Waals surface area (Å²) in [6, 6.07) is 7.57. The summed E-state index contributed by atoms with van der Waals surface area (Å²) in [6.45, 7) is 0.898. The number of carboxylic acids is 1. The molecule has 0 aliphatic carbocycles. The van der Waals surface area contributed by atoms with E-state index < -0.39 is 30.2 Å². The normalized spacial score (nSPS) is 14.9. The predicted molar refractivity (Wildman–Crippen MR) is 111 cm³/mol. The molecule has 0 saturated heterocycles. The average Bonchev–Trinajstić information content (AvgIpc) is 3.41. The zero-order valence-corrected chi connectivity index (χ0v) is 17.6. The highest BCUT2D eigenvalue weighted by Crippen LogP contribution is 2.53. The van der Waals surface area contributed by atoms with E-state index in [1.807, 2.05) is 6.07 Å². The van der Waals surface area contributed by atoms with Crippen LogP contribution in [0, 0.1) is 18.3 Å². The van der Waals surface area contributed by atoms with Gasteiger partial charge in [0.25, 0.3) is 5.60 Å². The fourth-order valence-corrected chi connectivity index (χ4v) is 4.24. The fourth-order valence-electron chi connectivity index (χ4n) is 4.24. The van der Waals surface area contributed by atoms with Gasteiger partial charge in [-0.2, -0.15) is 18.4 Å². The van der Waals surface area contributed by atoms with E-state index in [0.717, 1.165) is 0 Å². The minimum Gasteiger partial charge on any atom is -0.496 e. The number of nitrogens with zero attached hydrogens (tertiary/aromatic N) is 2. The molecule has 0 fully saturated rings. The molecule has 1 aliphatic heterocycles. The van der Waals surface area contributed by atoms with Crippen LogP contribution in [0.25, 0.3) is 11.0 Å². The first-order valence-corrected chi connectivity index (χ1v) is 9.90. The van der Waals surface area contributed by atoms with Crippen molar-refractivity contribution in [2.45, 2.75) is 25.1 Å². The van der Waals surface area contributed by atoms with Crippen molar-refractivity contribution in [1.82, 2.24) is 9.97 Å². The van der Waals surface area contributed by atoms with Gasteiger partial charge in [-0.1, -0.05) is 0 Å². The Labute approximate surface area is 185 Å². The maximum atomic E-state index is 15.1. The number of hydrogen-bond acceptors (Lipinski definition) is 6. The van der Waals surface area contributed by atoms with E-state index in [9.17, 15) is 9.90 Å². The number of halogens is 3. The molecule has 1 aliphatic rings. The Bertz CT molecular complexity index is 1300. The highest BCUT2D eigenvalue weighted by Gasteiger charge is 2.63. The number of rotatable bonds is 6. The fraction of sp³-hybridized carbons (Fsp3) is 0.318. The zero-order chi connectivity index (χ0) is 24.0. The van der Waals surface area contributed by atoms with Crippen LogP contribution in [0.5, 0.6) is 5.75 Å². The molecule has 2 heterocycles. The molecule has 0 saturated carbocycles. The molecule has 3 N–H and O–H groups in total. The van der Waals surface area contributed by atoms with Crippen LogP contribution in [0.15, 0.2) is 24.3 Å². The Kier molecular flexibility index (Phi) is 5.41. The molecule has 0 radical (unpaired) electrons. The number of nitriles is 1. The van der Waals surface area contributed by atoms with E-state index in [0.29, 0.717) is 23.4 Å². The number of alkyl halides is 3. The van der Waals surface area contributed by atoms with Crippen molar-refractivity contribution in [3.05, 3.63) is 52.3 Å². The minimum atomic E-state index is -5.13. The number of H-pyrrole nitrogens is 1. The van der Waals surface area contributed by atoms with Gasteiger partial charge in [0, 0.05) is 17.8 Å². The van der Waals surface area contributed by atoms with E-state index in [1.54, 1.807) is 6.92 Å². The lowest BCUT2D eigenvalue weighted by Gasteiger charge is -2.36. The van der Waals surface area contributed by atoms with Gasteiger partial charge in [0.1, 0.15) is 12.4 Å². The third-order valence-electron chi connectivity index (χ3n) is 5.60. The standard InChI is InChI=1S/C22H19F3N4O4/c1-11-7-16(32-2)18(13-5-6-27-19(11)13)21(22(23,24)25,33-10-17(30)31)20-28-14-4-3-12(9-26)8-15(14)29-20/h3-4,7-8,27H,5-6,10H2,1-2H3,(H,28,29)(H,30,31). The van der Waals surface area contributed by atoms with Crippen LogP contribution in [-0.4, -0.2) is 47.5 Å². The molecule has 2 aromatic carbocycles. The van der Waals surface area contributed by atoms with E-state index in [4.69, 9.17) is 14.7 Å². The Morgan fingerprint density at radius 3 is 2.73 bits per heavy atom. The number of benzene rings is 2. The molecule has 3 aromatic rings. The second kappa shape index (κ2) is 7.97. The number of fused-ring (bicyclic) bond motifs is 2. The van der Waals surface area contributed by atoms with E-state index >= 15 is 13.2 Å². The van der Waals surface area contributed by atoms with Gasteiger partial charge in [-0.15, -0.1) is 0 Å². The number of carboxylic acid groups (broad SMARTS) is 1. The van der Waals surface area contributed by atoms with Crippen LogP contribution >= 0.6 is 0 Å². The number of anilines is 1. The van der Waals surface area contributed by atoms with Gasteiger partial charge < -0.3 is 24.9 Å². The molecular formula is C22H19F3N4O4. The quantitative estimate of drug-likeness (QED) is 0.514. The SMILES string of the molecule is COc1cc(C)c2c(c1C(OCC(=O)O)(c1nc3ccc(C#N)cc3[nH]1)C(F)(F)F)CCN2. The van der Waals surface area contributed by atoms with Crippen LogP contribution in [0.1, 0.15) is 28.1 Å². The summed E-state index contributed by atoms with van der Waals surface area (Å²) in [5.74, 6) is -2.33. The van der Waals surface area contributed by atoms with Crippen molar-refractivity contribution < 1.29 is 32.5 Å². The molecule has 1 aromatic heterocycles. The lowest BCUT2D eigenvalue weighted by Crippen LogP contribution is -2.48. The number of aromatic nitrogens is 2. The highest BCUT2D eigenvalue weighted by molar-refractivity contribution is 5.78. The third-order valence-corrected chi connectivity index (χ3v) is 5.60. The van der Waals surface area contributed by atoms with Crippen molar-refractivity contribution in [2.24, 2.45) is 0 Å². The van der Waals surface area contributed by atoms with E-state index in [-0.39, 0.29) is 34.3 Å². The summed E-state index contributed by atoms with van der Waals surface area (Å²) >= 11 is 0. The number of aliphatic carboxylic acids is 1. The first-order chi connectivity index (χ1) is 15.6. The van der Waals surface area contributed by atoms with Crippen molar-refractivity contribution >= 4 is 22.7 Å². The maximum absolute atomic E-state index is 15.1. The third kappa shape index (κ3) is 3.52. The lowest BCUT2D eigenvalue weighted by molar-refractivity contribution is -0.269. The Balaban J connectivity index is 2.10. The molecule has 0 bridgehead atoms. The highest BCUT2D eigenvalue weighted by atomic mass is 19.4.